The zero-order valence-electron chi connectivity index (χ0n) is 11.8. The van der Waals surface area contributed by atoms with E-state index in [1.807, 2.05) is 6.07 Å². The number of hydrogen-bond donors (Lipinski definition) is 0. The van der Waals surface area contributed by atoms with E-state index < -0.39 is 0 Å². The van der Waals surface area contributed by atoms with Crippen molar-refractivity contribution >= 4 is 34.0 Å². The maximum absolute atomic E-state index is 5.58. The van der Waals surface area contributed by atoms with Gasteiger partial charge in [-0.1, -0.05) is 60.4 Å². The van der Waals surface area contributed by atoms with Crippen LogP contribution < -0.4 is 4.90 Å². The summed E-state index contributed by atoms with van der Waals surface area (Å²) >= 11 is 7.27. The van der Waals surface area contributed by atoms with Crippen LogP contribution in [0.1, 0.15) is 0 Å². The topological polar surface area (TPSA) is 6.48 Å². The second-order valence-electron chi connectivity index (χ2n) is 4.99. The third kappa shape index (κ3) is 3.77. The largest absolute Gasteiger partial charge is 0.368 e. The van der Waals surface area contributed by atoms with Crippen LogP contribution in [0.2, 0.25) is 0 Å². The van der Waals surface area contributed by atoms with Gasteiger partial charge in [0.2, 0.25) is 0 Å². The van der Waals surface area contributed by atoms with Gasteiger partial charge < -0.3 is 9.80 Å². The molecule has 1 fully saturated rings. The van der Waals surface area contributed by atoms with Gasteiger partial charge in [0, 0.05) is 36.8 Å². The van der Waals surface area contributed by atoms with Crippen molar-refractivity contribution in [1.29, 1.82) is 0 Å². The van der Waals surface area contributed by atoms with Gasteiger partial charge in [0.25, 0.3) is 0 Å². The predicted octanol–water partition coefficient (Wildman–Crippen LogP) is 3.89. The molecular weight excluding hydrogens is 296 g/mol. The Kier molecular flexibility index (Phi) is 4.78. The summed E-state index contributed by atoms with van der Waals surface area (Å²) in [6.45, 7) is 4.04. The lowest BCUT2D eigenvalue weighted by Crippen LogP contribution is -2.47. The lowest BCUT2D eigenvalue weighted by atomic mass is 10.2. The maximum Gasteiger partial charge on any atom is 0.141 e. The summed E-state index contributed by atoms with van der Waals surface area (Å²) in [5, 5.41) is 0. The molecule has 0 amide bonds. The Bertz CT molecular complexity index is 578. The summed E-state index contributed by atoms with van der Waals surface area (Å²) in [6.07, 6.45) is 0. The SMILES string of the molecule is S=C(Sc1ccccc1)N1CCN(c2ccccc2)CC1. The molecule has 0 atom stereocenters. The number of rotatable bonds is 2. The number of thiocarbonyl (C=S) groups is 1. The summed E-state index contributed by atoms with van der Waals surface area (Å²) in [4.78, 5) is 5.95. The fraction of sp³-hybridized carbons (Fsp3) is 0.235. The van der Waals surface area contributed by atoms with Crippen LogP contribution in [0.25, 0.3) is 0 Å². The van der Waals surface area contributed by atoms with Gasteiger partial charge in [0.1, 0.15) is 4.32 Å². The van der Waals surface area contributed by atoms with Crippen LogP contribution in [0.5, 0.6) is 0 Å². The molecule has 1 saturated heterocycles. The first kappa shape index (κ1) is 14.4. The second-order valence-corrected chi connectivity index (χ2v) is 6.70. The first-order chi connectivity index (χ1) is 10.3. The number of hydrogen-bond acceptors (Lipinski definition) is 3. The maximum atomic E-state index is 5.58. The molecular formula is C17H18N2S2. The van der Waals surface area contributed by atoms with E-state index in [1.165, 1.54) is 10.6 Å². The molecule has 0 saturated carbocycles. The highest BCUT2D eigenvalue weighted by Gasteiger charge is 2.19. The molecule has 2 aromatic rings. The molecule has 4 heteroatoms. The normalized spacial score (nSPS) is 15.0. The molecule has 1 aliphatic rings. The van der Waals surface area contributed by atoms with Crippen molar-refractivity contribution in [2.75, 3.05) is 31.1 Å². The van der Waals surface area contributed by atoms with E-state index in [0.717, 1.165) is 30.5 Å². The molecule has 2 nitrogen and oxygen atoms in total. The highest BCUT2D eigenvalue weighted by atomic mass is 32.2. The van der Waals surface area contributed by atoms with Crippen LogP contribution in [0.4, 0.5) is 5.69 Å². The van der Waals surface area contributed by atoms with E-state index in [4.69, 9.17) is 12.2 Å². The zero-order chi connectivity index (χ0) is 14.5. The molecule has 1 aliphatic heterocycles. The molecule has 0 aromatic heterocycles. The van der Waals surface area contributed by atoms with Crippen LogP contribution >= 0.6 is 24.0 Å². The van der Waals surface area contributed by atoms with Gasteiger partial charge in [-0.05, 0) is 24.3 Å². The molecule has 21 heavy (non-hydrogen) atoms. The van der Waals surface area contributed by atoms with E-state index in [9.17, 15) is 0 Å². The molecule has 108 valence electrons. The molecule has 2 aromatic carbocycles. The minimum atomic E-state index is 0.980. The van der Waals surface area contributed by atoms with Crippen molar-refractivity contribution < 1.29 is 0 Å². The van der Waals surface area contributed by atoms with Crippen molar-refractivity contribution in [3.63, 3.8) is 0 Å². The third-order valence-corrected chi connectivity index (χ3v) is 5.06. The van der Waals surface area contributed by atoms with E-state index in [1.54, 1.807) is 11.8 Å². The predicted molar refractivity (Wildman–Crippen MR) is 95.1 cm³/mol. The average molecular weight is 314 g/mol. The van der Waals surface area contributed by atoms with Crippen molar-refractivity contribution in [3.8, 4) is 0 Å². The standard InChI is InChI=1S/C17H18N2S2/c20-17(21-16-9-5-2-6-10-16)19-13-11-18(12-14-19)15-7-3-1-4-8-15/h1-10H,11-14H2. The lowest BCUT2D eigenvalue weighted by molar-refractivity contribution is 0.397. The van der Waals surface area contributed by atoms with Crippen molar-refractivity contribution in [2.45, 2.75) is 4.90 Å². The molecule has 3 rings (SSSR count). The van der Waals surface area contributed by atoms with Crippen molar-refractivity contribution in [3.05, 3.63) is 60.7 Å². The quantitative estimate of drug-likeness (QED) is 0.612. The smallest absolute Gasteiger partial charge is 0.141 e. The number of piperazine rings is 1. The van der Waals surface area contributed by atoms with Crippen LogP contribution in [0.15, 0.2) is 65.6 Å². The molecule has 0 N–H and O–H groups in total. The summed E-state index contributed by atoms with van der Waals surface area (Å²) < 4.78 is 0.980. The Labute approximate surface area is 135 Å². The highest BCUT2D eigenvalue weighted by Crippen LogP contribution is 2.23. The van der Waals surface area contributed by atoms with Gasteiger partial charge in [0.05, 0.1) is 0 Å². The molecule has 1 heterocycles. The molecule has 0 unspecified atom stereocenters. The van der Waals surface area contributed by atoms with Crippen LogP contribution in [-0.4, -0.2) is 35.4 Å². The molecule has 0 spiro atoms. The Morgan fingerprint density at radius 3 is 2.00 bits per heavy atom. The van der Waals surface area contributed by atoms with Gasteiger partial charge in [-0.2, -0.15) is 0 Å². The Hall–Kier alpha value is -1.52. The van der Waals surface area contributed by atoms with E-state index >= 15 is 0 Å². The van der Waals surface area contributed by atoms with Crippen LogP contribution in [0, 0.1) is 0 Å². The molecule has 0 radical (unpaired) electrons. The van der Waals surface area contributed by atoms with Crippen LogP contribution in [0.3, 0.4) is 0 Å². The first-order valence-corrected chi connectivity index (χ1v) is 8.37. The second kappa shape index (κ2) is 6.96. The number of para-hydroxylation sites is 1. The van der Waals surface area contributed by atoms with Gasteiger partial charge >= 0.3 is 0 Å². The Morgan fingerprint density at radius 1 is 0.810 bits per heavy atom. The summed E-state index contributed by atoms with van der Waals surface area (Å²) in [7, 11) is 0. The minimum Gasteiger partial charge on any atom is -0.368 e. The Morgan fingerprint density at radius 2 is 1.38 bits per heavy atom. The fourth-order valence-electron chi connectivity index (χ4n) is 2.44. The van der Waals surface area contributed by atoms with Gasteiger partial charge in [0.15, 0.2) is 0 Å². The molecule has 0 bridgehead atoms. The summed E-state index contributed by atoms with van der Waals surface area (Å²) in [5.41, 5.74) is 1.30. The number of anilines is 1. The van der Waals surface area contributed by atoms with Gasteiger partial charge in [-0.3, -0.25) is 0 Å². The zero-order valence-corrected chi connectivity index (χ0v) is 13.4. The third-order valence-electron chi connectivity index (χ3n) is 3.61. The van der Waals surface area contributed by atoms with Crippen molar-refractivity contribution in [1.82, 2.24) is 4.90 Å². The van der Waals surface area contributed by atoms with Crippen molar-refractivity contribution in [2.24, 2.45) is 0 Å². The Balaban J connectivity index is 1.55. The number of nitrogens with zero attached hydrogens (tertiary/aromatic N) is 2. The van der Waals surface area contributed by atoms with Crippen LogP contribution in [-0.2, 0) is 0 Å². The fourth-order valence-corrected chi connectivity index (χ4v) is 3.72. The minimum absolute atomic E-state index is 0.980. The summed E-state index contributed by atoms with van der Waals surface area (Å²) in [5.74, 6) is 0. The highest BCUT2D eigenvalue weighted by molar-refractivity contribution is 8.22. The van der Waals surface area contributed by atoms with E-state index in [2.05, 4.69) is 64.4 Å². The van der Waals surface area contributed by atoms with E-state index in [0.29, 0.717) is 0 Å². The first-order valence-electron chi connectivity index (χ1n) is 7.15. The number of benzene rings is 2. The average Bonchev–Trinajstić information content (AvgIpc) is 2.57. The van der Waals surface area contributed by atoms with E-state index in [-0.39, 0.29) is 0 Å². The lowest BCUT2D eigenvalue weighted by Gasteiger charge is -2.37. The van der Waals surface area contributed by atoms with Gasteiger partial charge in [-0.15, -0.1) is 0 Å². The summed E-state index contributed by atoms with van der Waals surface area (Å²) in [6, 6.07) is 21.0. The monoisotopic (exact) mass is 314 g/mol. The number of thioether (sulfide) groups is 1. The molecule has 0 aliphatic carbocycles. The van der Waals surface area contributed by atoms with Gasteiger partial charge in [-0.25, -0.2) is 0 Å².